The number of amides is 2. The van der Waals surface area contributed by atoms with Crippen LogP contribution in [-0.4, -0.2) is 34.4 Å². The molecular formula is C22H26FN3O5S. The van der Waals surface area contributed by atoms with E-state index in [9.17, 15) is 22.4 Å². The second-order valence-electron chi connectivity index (χ2n) is 7.55. The largest absolute Gasteiger partial charge is 0.495 e. The first-order valence-electron chi connectivity index (χ1n) is 10.3. The van der Waals surface area contributed by atoms with E-state index in [4.69, 9.17) is 4.74 Å². The fraction of sp³-hybridized carbons (Fsp3) is 0.364. The van der Waals surface area contributed by atoms with Crippen molar-refractivity contribution in [2.24, 2.45) is 5.92 Å². The van der Waals surface area contributed by atoms with Gasteiger partial charge in [0.1, 0.15) is 16.5 Å². The number of nitrogens with one attached hydrogen (secondary N) is 3. The van der Waals surface area contributed by atoms with Crippen LogP contribution in [0.4, 0.5) is 15.8 Å². The number of hydrogen-bond donors (Lipinski definition) is 3. The van der Waals surface area contributed by atoms with Gasteiger partial charge in [0, 0.05) is 17.2 Å². The van der Waals surface area contributed by atoms with Crippen LogP contribution in [0.3, 0.4) is 0 Å². The van der Waals surface area contributed by atoms with Crippen LogP contribution in [-0.2, 0) is 14.8 Å². The van der Waals surface area contributed by atoms with Crippen molar-refractivity contribution in [2.45, 2.75) is 37.0 Å². The van der Waals surface area contributed by atoms with Gasteiger partial charge in [0.25, 0.3) is 5.91 Å². The van der Waals surface area contributed by atoms with Gasteiger partial charge < -0.3 is 15.4 Å². The molecule has 0 aromatic heterocycles. The molecule has 0 spiro atoms. The zero-order valence-electron chi connectivity index (χ0n) is 17.9. The Hall–Kier alpha value is -2.98. The van der Waals surface area contributed by atoms with Crippen molar-refractivity contribution in [3.05, 3.63) is 47.8 Å². The fourth-order valence-corrected chi connectivity index (χ4v) is 4.56. The van der Waals surface area contributed by atoms with Crippen LogP contribution in [0.25, 0.3) is 0 Å². The smallest absolute Gasteiger partial charge is 0.255 e. The van der Waals surface area contributed by atoms with Crippen molar-refractivity contribution in [1.29, 1.82) is 0 Å². The summed E-state index contributed by atoms with van der Waals surface area (Å²) in [6.07, 6.45) is 4.61. The lowest BCUT2D eigenvalue weighted by atomic mass is 9.88. The first-order chi connectivity index (χ1) is 15.2. The van der Waals surface area contributed by atoms with Gasteiger partial charge >= 0.3 is 0 Å². The SMILES string of the molecule is CNS(=O)(=O)c1cc(C(=O)Nc2ccc(F)c(NC(=O)C3CCCCC3)c2)ccc1OC. The number of rotatable bonds is 7. The average Bonchev–Trinajstić information content (AvgIpc) is 2.81. The Morgan fingerprint density at radius 2 is 1.75 bits per heavy atom. The standard InChI is InChI=1S/C22H26FN3O5S/c1-24-32(29,30)20-12-15(8-11-19(20)31-2)22(28)25-16-9-10-17(23)18(13-16)26-21(27)14-6-4-3-5-7-14/h8-14,24H,3-7H2,1-2H3,(H,25,28)(H,26,27). The number of carbonyl (C=O) groups excluding carboxylic acids is 2. The van der Waals surface area contributed by atoms with E-state index >= 15 is 0 Å². The van der Waals surface area contributed by atoms with Crippen molar-refractivity contribution in [1.82, 2.24) is 4.72 Å². The predicted octanol–water partition coefficient (Wildman–Crippen LogP) is 3.51. The third-order valence-electron chi connectivity index (χ3n) is 5.44. The summed E-state index contributed by atoms with van der Waals surface area (Å²) in [5, 5.41) is 5.22. The van der Waals surface area contributed by atoms with Crippen LogP contribution in [0.1, 0.15) is 42.5 Å². The molecule has 2 aromatic carbocycles. The van der Waals surface area contributed by atoms with Gasteiger partial charge in [-0.1, -0.05) is 19.3 Å². The van der Waals surface area contributed by atoms with Gasteiger partial charge in [-0.3, -0.25) is 9.59 Å². The molecule has 10 heteroatoms. The molecule has 1 aliphatic rings. The summed E-state index contributed by atoms with van der Waals surface area (Å²) in [6, 6.07) is 7.82. The topological polar surface area (TPSA) is 114 Å². The Balaban J connectivity index is 1.79. The van der Waals surface area contributed by atoms with Crippen molar-refractivity contribution in [3.63, 3.8) is 0 Å². The monoisotopic (exact) mass is 463 g/mol. The zero-order valence-corrected chi connectivity index (χ0v) is 18.7. The molecule has 1 aliphatic carbocycles. The Kier molecular flexibility index (Phi) is 7.47. The molecule has 0 saturated heterocycles. The summed E-state index contributed by atoms with van der Waals surface area (Å²) in [6.45, 7) is 0. The number of hydrogen-bond acceptors (Lipinski definition) is 5. The third-order valence-corrected chi connectivity index (χ3v) is 6.88. The summed E-state index contributed by atoms with van der Waals surface area (Å²) in [4.78, 5) is 25.0. The Bertz CT molecular complexity index is 1110. The lowest BCUT2D eigenvalue weighted by Gasteiger charge is -2.21. The highest BCUT2D eigenvalue weighted by atomic mass is 32.2. The predicted molar refractivity (Wildman–Crippen MR) is 119 cm³/mol. The van der Waals surface area contributed by atoms with E-state index in [0.29, 0.717) is 0 Å². The van der Waals surface area contributed by atoms with E-state index in [-0.39, 0.29) is 39.4 Å². The van der Waals surface area contributed by atoms with Gasteiger partial charge in [-0.15, -0.1) is 0 Å². The van der Waals surface area contributed by atoms with Gasteiger partial charge in [0.05, 0.1) is 12.8 Å². The highest BCUT2D eigenvalue weighted by Gasteiger charge is 2.23. The van der Waals surface area contributed by atoms with Crippen LogP contribution in [0.5, 0.6) is 5.75 Å². The summed E-state index contributed by atoms with van der Waals surface area (Å²) in [5.74, 6) is -1.50. The van der Waals surface area contributed by atoms with E-state index in [1.165, 1.54) is 44.5 Å². The molecule has 32 heavy (non-hydrogen) atoms. The summed E-state index contributed by atoms with van der Waals surface area (Å²) >= 11 is 0. The minimum atomic E-state index is -3.86. The molecule has 0 aliphatic heterocycles. The van der Waals surface area contributed by atoms with Gasteiger partial charge in [0.15, 0.2) is 0 Å². The van der Waals surface area contributed by atoms with Gasteiger partial charge in [-0.25, -0.2) is 17.5 Å². The first kappa shape index (κ1) is 23.7. The zero-order chi connectivity index (χ0) is 23.3. The molecule has 8 nitrogen and oxygen atoms in total. The average molecular weight is 464 g/mol. The van der Waals surface area contributed by atoms with Crippen molar-refractivity contribution < 1.29 is 27.1 Å². The molecule has 172 valence electrons. The van der Waals surface area contributed by atoms with Crippen LogP contribution >= 0.6 is 0 Å². The number of ether oxygens (including phenoxy) is 1. The number of halogens is 1. The van der Waals surface area contributed by atoms with E-state index in [1.54, 1.807) is 0 Å². The maximum absolute atomic E-state index is 14.2. The molecular weight excluding hydrogens is 437 g/mol. The second-order valence-corrected chi connectivity index (χ2v) is 9.40. The normalized spacial score (nSPS) is 14.6. The van der Waals surface area contributed by atoms with E-state index < -0.39 is 21.7 Å². The minimum absolute atomic E-state index is 0.0217. The minimum Gasteiger partial charge on any atom is -0.495 e. The summed E-state index contributed by atoms with van der Waals surface area (Å²) in [5.41, 5.74) is 0.299. The van der Waals surface area contributed by atoms with E-state index in [1.807, 2.05) is 0 Å². The fourth-order valence-electron chi connectivity index (χ4n) is 3.64. The first-order valence-corrected chi connectivity index (χ1v) is 11.8. The molecule has 3 N–H and O–H groups in total. The van der Waals surface area contributed by atoms with Crippen molar-refractivity contribution in [2.75, 3.05) is 24.8 Å². The molecule has 1 fully saturated rings. The maximum atomic E-state index is 14.2. The Labute approximate surface area is 186 Å². The molecule has 3 rings (SSSR count). The van der Waals surface area contributed by atoms with Crippen molar-refractivity contribution in [3.8, 4) is 5.75 Å². The molecule has 2 aromatic rings. The molecule has 0 radical (unpaired) electrons. The van der Waals surface area contributed by atoms with Crippen LogP contribution in [0.15, 0.2) is 41.3 Å². The Morgan fingerprint density at radius 1 is 1.03 bits per heavy atom. The molecule has 0 unspecified atom stereocenters. The van der Waals surface area contributed by atoms with Crippen LogP contribution < -0.4 is 20.1 Å². The van der Waals surface area contributed by atoms with Crippen molar-refractivity contribution >= 4 is 33.2 Å². The summed E-state index contributed by atoms with van der Waals surface area (Å²) in [7, 11) is -1.28. The molecule has 2 amide bonds. The highest BCUT2D eigenvalue weighted by molar-refractivity contribution is 7.89. The van der Waals surface area contributed by atoms with Crippen LogP contribution in [0, 0.1) is 11.7 Å². The lowest BCUT2D eigenvalue weighted by molar-refractivity contribution is -0.120. The number of methoxy groups -OCH3 is 1. The van der Waals surface area contributed by atoms with Gasteiger partial charge in [0.2, 0.25) is 15.9 Å². The number of sulfonamides is 1. The number of anilines is 2. The lowest BCUT2D eigenvalue weighted by Crippen LogP contribution is -2.25. The molecule has 0 heterocycles. The molecule has 1 saturated carbocycles. The maximum Gasteiger partial charge on any atom is 0.255 e. The molecule has 0 bridgehead atoms. The molecule has 0 atom stereocenters. The van der Waals surface area contributed by atoms with E-state index in [0.717, 1.165) is 38.2 Å². The Morgan fingerprint density at radius 3 is 2.41 bits per heavy atom. The number of benzene rings is 2. The second kappa shape index (κ2) is 10.1. The quantitative estimate of drug-likeness (QED) is 0.582. The third kappa shape index (κ3) is 5.43. The van der Waals surface area contributed by atoms with Crippen LogP contribution in [0.2, 0.25) is 0 Å². The highest BCUT2D eigenvalue weighted by Crippen LogP contribution is 2.28. The van der Waals surface area contributed by atoms with E-state index in [2.05, 4.69) is 15.4 Å². The van der Waals surface area contributed by atoms with Gasteiger partial charge in [-0.2, -0.15) is 0 Å². The van der Waals surface area contributed by atoms with Gasteiger partial charge in [-0.05, 0) is 56.3 Å². The number of carbonyl (C=O) groups is 2. The summed E-state index contributed by atoms with van der Waals surface area (Å²) < 4.78 is 46.0.